The largest absolute Gasteiger partial charge is 0.463 e. The van der Waals surface area contributed by atoms with E-state index in [1.807, 2.05) is 12.1 Å². The molecule has 1 aromatic heterocycles. The number of aliphatic hydroxyl groups is 1. The van der Waals surface area contributed by atoms with E-state index in [1.54, 1.807) is 0 Å². The van der Waals surface area contributed by atoms with E-state index in [2.05, 4.69) is 13.0 Å². The Labute approximate surface area is 113 Å². The zero-order valence-electron chi connectivity index (χ0n) is 11.1. The SMILES string of the molecule is CC1CC1c1ccc(C(O)C2(C#N)CCOCC2)o1. The van der Waals surface area contributed by atoms with Gasteiger partial charge in [0, 0.05) is 19.1 Å². The third-order valence-corrected chi connectivity index (χ3v) is 4.52. The molecular weight excluding hydrogens is 242 g/mol. The van der Waals surface area contributed by atoms with Crippen LogP contribution in [0.1, 0.15) is 49.7 Å². The summed E-state index contributed by atoms with van der Waals surface area (Å²) in [5.74, 6) is 2.64. The zero-order valence-corrected chi connectivity index (χ0v) is 11.1. The Bertz CT molecular complexity index is 496. The van der Waals surface area contributed by atoms with Crippen molar-refractivity contribution in [3.8, 4) is 6.07 Å². The number of hydrogen-bond donors (Lipinski definition) is 1. The van der Waals surface area contributed by atoms with Crippen LogP contribution in [0, 0.1) is 22.7 Å². The first-order valence-electron chi connectivity index (χ1n) is 6.93. The molecule has 3 rings (SSSR count). The van der Waals surface area contributed by atoms with Crippen molar-refractivity contribution in [3.63, 3.8) is 0 Å². The molecule has 0 spiro atoms. The second kappa shape index (κ2) is 4.66. The molecular formula is C15H19NO3. The average molecular weight is 261 g/mol. The van der Waals surface area contributed by atoms with Gasteiger partial charge in [0.25, 0.3) is 0 Å². The third-order valence-electron chi connectivity index (χ3n) is 4.52. The molecule has 2 aliphatic rings. The van der Waals surface area contributed by atoms with Crippen LogP contribution in [0.2, 0.25) is 0 Å². The molecule has 4 heteroatoms. The molecule has 19 heavy (non-hydrogen) atoms. The maximum Gasteiger partial charge on any atom is 0.134 e. The summed E-state index contributed by atoms with van der Waals surface area (Å²) in [6.07, 6.45) is 1.41. The Balaban J connectivity index is 1.80. The lowest BCUT2D eigenvalue weighted by Crippen LogP contribution is -2.34. The van der Waals surface area contributed by atoms with Gasteiger partial charge in [-0.3, -0.25) is 0 Å². The van der Waals surface area contributed by atoms with Gasteiger partial charge in [-0.15, -0.1) is 0 Å². The molecule has 0 radical (unpaired) electrons. The fourth-order valence-corrected chi connectivity index (χ4v) is 2.89. The van der Waals surface area contributed by atoms with E-state index in [-0.39, 0.29) is 0 Å². The van der Waals surface area contributed by atoms with Gasteiger partial charge in [0.15, 0.2) is 0 Å². The minimum absolute atomic E-state index is 0.494. The summed E-state index contributed by atoms with van der Waals surface area (Å²) in [5, 5.41) is 19.9. The van der Waals surface area contributed by atoms with E-state index in [1.165, 1.54) is 0 Å². The van der Waals surface area contributed by atoms with Crippen molar-refractivity contribution in [2.24, 2.45) is 11.3 Å². The van der Waals surface area contributed by atoms with Crippen molar-refractivity contribution >= 4 is 0 Å². The standard InChI is InChI=1S/C15H19NO3/c1-10-8-11(10)12-2-3-13(19-12)14(17)15(9-16)4-6-18-7-5-15/h2-3,10-11,14,17H,4-8H2,1H3. The van der Waals surface area contributed by atoms with E-state index >= 15 is 0 Å². The van der Waals surface area contributed by atoms with Gasteiger partial charge in [-0.25, -0.2) is 0 Å². The van der Waals surface area contributed by atoms with Crippen molar-refractivity contribution in [1.29, 1.82) is 5.26 Å². The van der Waals surface area contributed by atoms with E-state index in [9.17, 15) is 10.4 Å². The molecule has 1 aliphatic carbocycles. The van der Waals surface area contributed by atoms with Gasteiger partial charge in [-0.05, 0) is 37.3 Å². The molecule has 3 atom stereocenters. The summed E-state index contributed by atoms with van der Waals surface area (Å²) in [6.45, 7) is 3.24. The fraction of sp³-hybridized carbons (Fsp3) is 0.667. The van der Waals surface area contributed by atoms with Crippen LogP contribution in [0.25, 0.3) is 0 Å². The highest BCUT2D eigenvalue weighted by Gasteiger charge is 2.43. The average Bonchev–Trinajstić information content (AvgIpc) is 2.99. The zero-order chi connectivity index (χ0) is 13.5. The van der Waals surface area contributed by atoms with Crippen LogP contribution < -0.4 is 0 Å². The number of rotatable bonds is 3. The molecule has 3 unspecified atom stereocenters. The number of nitrogens with zero attached hydrogens (tertiary/aromatic N) is 1. The number of aliphatic hydroxyl groups excluding tert-OH is 1. The van der Waals surface area contributed by atoms with Gasteiger partial charge in [0.1, 0.15) is 17.6 Å². The van der Waals surface area contributed by atoms with Gasteiger partial charge in [-0.1, -0.05) is 6.92 Å². The second-order valence-corrected chi connectivity index (χ2v) is 5.84. The van der Waals surface area contributed by atoms with Crippen LogP contribution in [0.5, 0.6) is 0 Å². The molecule has 1 saturated heterocycles. The molecule has 4 nitrogen and oxygen atoms in total. The van der Waals surface area contributed by atoms with Crippen molar-refractivity contribution in [1.82, 2.24) is 0 Å². The van der Waals surface area contributed by atoms with E-state index < -0.39 is 11.5 Å². The maximum absolute atomic E-state index is 10.5. The Morgan fingerprint density at radius 1 is 1.42 bits per heavy atom. The van der Waals surface area contributed by atoms with Crippen molar-refractivity contribution in [3.05, 3.63) is 23.7 Å². The monoisotopic (exact) mass is 261 g/mol. The van der Waals surface area contributed by atoms with E-state index in [0.717, 1.165) is 12.2 Å². The molecule has 1 N–H and O–H groups in total. The number of nitriles is 1. The molecule has 1 aliphatic heterocycles. The number of ether oxygens (including phenoxy) is 1. The number of furan rings is 1. The van der Waals surface area contributed by atoms with Crippen LogP contribution in [0.4, 0.5) is 0 Å². The van der Waals surface area contributed by atoms with Crippen LogP contribution in [0.15, 0.2) is 16.5 Å². The Kier molecular flexibility index (Phi) is 3.12. The van der Waals surface area contributed by atoms with E-state index in [4.69, 9.17) is 9.15 Å². The lowest BCUT2D eigenvalue weighted by atomic mass is 9.76. The highest BCUT2D eigenvalue weighted by molar-refractivity contribution is 5.21. The van der Waals surface area contributed by atoms with Crippen LogP contribution >= 0.6 is 0 Å². The smallest absolute Gasteiger partial charge is 0.134 e. The van der Waals surface area contributed by atoms with E-state index in [0.29, 0.717) is 43.7 Å². The molecule has 2 fully saturated rings. The van der Waals surface area contributed by atoms with Gasteiger partial charge in [0.2, 0.25) is 0 Å². The van der Waals surface area contributed by atoms with Crippen molar-refractivity contribution in [2.45, 2.75) is 38.2 Å². The predicted molar refractivity (Wildman–Crippen MR) is 68.3 cm³/mol. The molecule has 0 aromatic carbocycles. The van der Waals surface area contributed by atoms with Gasteiger partial charge < -0.3 is 14.3 Å². The van der Waals surface area contributed by atoms with Gasteiger partial charge in [-0.2, -0.15) is 5.26 Å². The minimum atomic E-state index is -0.857. The van der Waals surface area contributed by atoms with Crippen LogP contribution in [-0.2, 0) is 4.74 Å². The Morgan fingerprint density at radius 2 is 2.11 bits per heavy atom. The summed E-state index contributed by atoms with van der Waals surface area (Å²) < 4.78 is 11.1. The van der Waals surface area contributed by atoms with Gasteiger partial charge in [0.05, 0.1) is 11.5 Å². The summed E-state index contributed by atoms with van der Waals surface area (Å²) >= 11 is 0. The Hall–Kier alpha value is -1.31. The number of hydrogen-bond acceptors (Lipinski definition) is 4. The highest BCUT2D eigenvalue weighted by Crippen LogP contribution is 2.49. The first-order chi connectivity index (χ1) is 9.16. The second-order valence-electron chi connectivity index (χ2n) is 5.84. The first kappa shape index (κ1) is 12.7. The fourth-order valence-electron chi connectivity index (χ4n) is 2.89. The molecule has 1 saturated carbocycles. The molecule has 1 aromatic rings. The summed E-state index contributed by atoms with van der Waals surface area (Å²) in [4.78, 5) is 0. The predicted octanol–water partition coefficient (Wildman–Crippen LogP) is 2.76. The summed E-state index contributed by atoms with van der Waals surface area (Å²) in [5.41, 5.74) is -0.761. The first-order valence-corrected chi connectivity index (χ1v) is 6.93. The summed E-state index contributed by atoms with van der Waals surface area (Å²) in [7, 11) is 0. The van der Waals surface area contributed by atoms with Crippen LogP contribution in [-0.4, -0.2) is 18.3 Å². The molecule has 0 amide bonds. The van der Waals surface area contributed by atoms with Crippen LogP contribution in [0.3, 0.4) is 0 Å². The summed E-state index contributed by atoms with van der Waals surface area (Å²) in [6, 6.07) is 6.05. The lowest BCUT2D eigenvalue weighted by molar-refractivity contribution is -0.0394. The molecule has 2 heterocycles. The lowest BCUT2D eigenvalue weighted by Gasteiger charge is -2.33. The minimum Gasteiger partial charge on any atom is -0.463 e. The molecule has 0 bridgehead atoms. The van der Waals surface area contributed by atoms with Crippen molar-refractivity contribution in [2.75, 3.05) is 13.2 Å². The maximum atomic E-state index is 10.5. The highest BCUT2D eigenvalue weighted by atomic mass is 16.5. The topological polar surface area (TPSA) is 66.4 Å². The Morgan fingerprint density at radius 3 is 2.68 bits per heavy atom. The van der Waals surface area contributed by atoms with Crippen molar-refractivity contribution < 1.29 is 14.3 Å². The third kappa shape index (κ3) is 2.18. The normalized spacial score (nSPS) is 30.6. The van der Waals surface area contributed by atoms with Gasteiger partial charge >= 0.3 is 0 Å². The molecule has 102 valence electrons. The quantitative estimate of drug-likeness (QED) is 0.908.